The van der Waals surface area contributed by atoms with Crippen molar-refractivity contribution in [2.24, 2.45) is 0 Å². The fourth-order valence-electron chi connectivity index (χ4n) is 1.71. The molecule has 2 rings (SSSR count). The van der Waals surface area contributed by atoms with Crippen molar-refractivity contribution in [3.63, 3.8) is 0 Å². The van der Waals surface area contributed by atoms with Gasteiger partial charge >= 0.3 is 0 Å². The number of nitrogens with one attached hydrogen (secondary N) is 1. The molecule has 1 aromatic carbocycles. The fourth-order valence-corrected chi connectivity index (χ4v) is 1.88. The van der Waals surface area contributed by atoms with Crippen molar-refractivity contribution in [2.75, 3.05) is 12.4 Å². The number of ether oxygens (including phenoxy) is 1. The molecule has 0 unspecified atom stereocenters. The van der Waals surface area contributed by atoms with Gasteiger partial charge in [0.2, 0.25) is 0 Å². The number of methoxy groups -OCH3 is 1. The fraction of sp³-hybridized carbons (Fsp3) is 0.286. The van der Waals surface area contributed by atoms with Crippen LogP contribution in [-0.2, 0) is 13.0 Å². The molecule has 0 aliphatic heterocycles. The monoisotopic (exact) mass is 265 g/mol. The predicted octanol–water partition coefficient (Wildman–Crippen LogP) is 4.12. The van der Waals surface area contributed by atoms with Crippen molar-refractivity contribution < 1.29 is 9.15 Å². The highest BCUT2D eigenvalue weighted by Gasteiger charge is 2.05. The normalized spacial score (nSPS) is 10.4. The first-order valence-corrected chi connectivity index (χ1v) is 6.25. The largest absolute Gasteiger partial charge is 0.495 e. The number of benzene rings is 1. The number of aryl methyl sites for hydroxylation is 1. The molecule has 0 radical (unpaired) electrons. The first-order valence-electron chi connectivity index (χ1n) is 5.88. The summed E-state index contributed by atoms with van der Waals surface area (Å²) in [6.45, 7) is 2.67. The second kappa shape index (κ2) is 5.83. The van der Waals surface area contributed by atoms with Crippen LogP contribution in [0.25, 0.3) is 0 Å². The van der Waals surface area contributed by atoms with Crippen LogP contribution in [0.1, 0.15) is 18.4 Å². The third-order valence-corrected chi connectivity index (χ3v) is 2.92. The summed E-state index contributed by atoms with van der Waals surface area (Å²) >= 11 is 5.96. The molecule has 0 fully saturated rings. The minimum atomic E-state index is 0.608. The van der Waals surface area contributed by atoms with Gasteiger partial charge in [0.15, 0.2) is 0 Å². The van der Waals surface area contributed by atoms with Crippen molar-refractivity contribution in [2.45, 2.75) is 19.9 Å². The second-order valence-electron chi connectivity index (χ2n) is 3.92. The van der Waals surface area contributed by atoms with E-state index < -0.39 is 0 Å². The molecule has 1 N–H and O–H groups in total. The van der Waals surface area contributed by atoms with Gasteiger partial charge in [-0.05, 0) is 30.3 Å². The van der Waals surface area contributed by atoms with Gasteiger partial charge in [0, 0.05) is 11.4 Å². The molecule has 4 heteroatoms. The van der Waals surface area contributed by atoms with Crippen LogP contribution < -0.4 is 10.1 Å². The summed E-state index contributed by atoms with van der Waals surface area (Å²) in [5.74, 6) is 2.65. The molecule has 0 aliphatic carbocycles. The van der Waals surface area contributed by atoms with Crippen LogP contribution in [0.3, 0.4) is 0 Å². The van der Waals surface area contributed by atoms with Crippen molar-refractivity contribution in [1.29, 1.82) is 0 Å². The molecule has 0 atom stereocenters. The van der Waals surface area contributed by atoms with Crippen LogP contribution in [0.2, 0.25) is 5.02 Å². The maximum absolute atomic E-state index is 5.96. The zero-order valence-electron chi connectivity index (χ0n) is 10.5. The van der Waals surface area contributed by atoms with Gasteiger partial charge in [-0.3, -0.25) is 0 Å². The number of furan rings is 1. The molecule has 0 spiro atoms. The summed E-state index contributed by atoms with van der Waals surface area (Å²) in [5, 5.41) is 3.93. The quantitative estimate of drug-likeness (QED) is 0.883. The van der Waals surface area contributed by atoms with E-state index in [2.05, 4.69) is 12.2 Å². The Hall–Kier alpha value is -1.61. The van der Waals surface area contributed by atoms with Crippen LogP contribution in [0.5, 0.6) is 5.75 Å². The van der Waals surface area contributed by atoms with Crippen LogP contribution >= 0.6 is 11.6 Å². The Bertz CT molecular complexity index is 522. The topological polar surface area (TPSA) is 34.4 Å². The Balaban J connectivity index is 2.07. The van der Waals surface area contributed by atoms with Gasteiger partial charge in [-0.1, -0.05) is 18.5 Å². The van der Waals surface area contributed by atoms with Crippen LogP contribution in [0.4, 0.5) is 5.69 Å². The number of hydrogen-bond donors (Lipinski definition) is 1. The van der Waals surface area contributed by atoms with Crippen molar-refractivity contribution in [3.8, 4) is 5.75 Å². The highest BCUT2D eigenvalue weighted by molar-refractivity contribution is 6.30. The van der Waals surface area contributed by atoms with E-state index in [0.29, 0.717) is 11.6 Å². The predicted molar refractivity (Wildman–Crippen MR) is 73.4 cm³/mol. The summed E-state index contributed by atoms with van der Waals surface area (Å²) < 4.78 is 10.9. The molecule has 18 heavy (non-hydrogen) atoms. The van der Waals surface area contributed by atoms with Gasteiger partial charge in [-0.25, -0.2) is 0 Å². The number of hydrogen-bond acceptors (Lipinski definition) is 3. The maximum Gasteiger partial charge on any atom is 0.142 e. The van der Waals surface area contributed by atoms with E-state index in [9.17, 15) is 0 Å². The van der Waals surface area contributed by atoms with E-state index in [4.69, 9.17) is 20.8 Å². The zero-order valence-corrected chi connectivity index (χ0v) is 11.3. The highest BCUT2D eigenvalue weighted by atomic mass is 35.5. The standard InChI is InChI=1S/C14H16ClNO2/c1-3-11-5-6-12(18-11)9-16-13-8-10(15)4-7-14(13)17-2/h4-8,16H,3,9H2,1-2H3. The molecular weight excluding hydrogens is 250 g/mol. The maximum atomic E-state index is 5.96. The lowest BCUT2D eigenvalue weighted by molar-refractivity contribution is 0.416. The molecule has 0 saturated carbocycles. The Morgan fingerprint density at radius 2 is 2.00 bits per heavy atom. The third-order valence-electron chi connectivity index (χ3n) is 2.68. The Kier molecular flexibility index (Phi) is 4.15. The smallest absolute Gasteiger partial charge is 0.142 e. The molecule has 1 heterocycles. The summed E-state index contributed by atoms with van der Waals surface area (Å²) in [6.07, 6.45) is 0.903. The molecule has 2 aromatic rings. The van der Waals surface area contributed by atoms with E-state index >= 15 is 0 Å². The van der Waals surface area contributed by atoms with Gasteiger partial charge in [-0.15, -0.1) is 0 Å². The first kappa shape index (κ1) is 12.8. The molecule has 3 nitrogen and oxygen atoms in total. The number of rotatable bonds is 5. The molecule has 96 valence electrons. The molecule has 0 saturated heterocycles. The van der Waals surface area contributed by atoms with Crippen LogP contribution in [0.15, 0.2) is 34.7 Å². The molecule has 0 amide bonds. The highest BCUT2D eigenvalue weighted by Crippen LogP contribution is 2.28. The van der Waals surface area contributed by atoms with Crippen molar-refractivity contribution >= 4 is 17.3 Å². The van der Waals surface area contributed by atoms with Crippen LogP contribution in [-0.4, -0.2) is 7.11 Å². The Morgan fingerprint density at radius 1 is 1.22 bits per heavy atom. The van der Waals surface area contributed by atoms with Crippen molar-refractivity contribution in [3.05, 3.63) is 46.9 Å². The van der Waals surface area contributed by atoms with Gasteiger partial charge in [0.05, 0.1) is 19.3 Å². The minimum absolute atomic E-state index is 0.608. The van der Waals surface area contributed by atoms with E-state index in [0.717, 1.165) is 29.4 Å². The SMILES string of the molecule is CCc1ccc(CNc2cc(Cl)ccc2OC)o1. The summed E-state index contributed by atoms with van der Waals surface area (Å²) in [6, 6.07) is 9.44. The average Bonchev–Trinajstić information content (AvgIpc) is 2.84. The lowest BCUT2D eigenvalue weighted by Gasteiger charge is -2.10. The van der Waals surface area contributed by atoms with E-state index in [1.165, 1.54) is 0 Å². The van der Waals surface area contributed by atoms with E-state index in [-0.39, 0.29) is 0 Å². The molecule has 0 aliphatic rings. The number of anilines is 1. The van der Waals surface area contributed by atoms with Gasteiger partial charge in [-0.2, -0.15) is 0 Å². The van der Waals surface area contributed by atoms with Gasteiger partial charge < -0.3 is 14.5 Å². The third kappa shape index (κ3) is 2.99. The first-order chi connectivity index (χ1) is 8.72. The van der Waals surface area contributed by atoms with Crippen molar-refractivity contribution in [1.82, 2.24) is 0 Å². The molecular formula is C14H16ClNO2. The minimum Gasteiger partial charge on any atom is -0.495 e. The van der Waals surface area contributed by atoms with E-state index in [1.54, 1.807) is 13.2 Å². The molecule has 0 bridgehead atoms. The Labute approximate surface area is 112 Å². The van der Waals surface area contributed by atoms with E-state index in [1.807, 2.05) is 24.3 Å². The number of halogens is 1. The molecule has 1 aromatic heterocycles. The zero-order chi connectivity index (χ0) is 13.0. The lowest BCUT2D eigenvalue weighted by atomic mass is 10.3. The average molecular weight is 266 g/mol. The van der Waals surface area contributed by atoms with Crippen LogP contribution in [0, 0.1) is 0 Å². The summed E-state index contributed by atoms with van der Waals surface area (Å²) in [4.78, 5) is 0. The lowest BCUT2D eigenvalue weighted by Crippen LogP contribution is -2.00. The Morgan fingerprint density at radius 3 is 2.67 bits per heavy atom. The second-order valence-corrected chi connectivity index (χ2v) is 4.36. The van der Waals surface area contributed by atoms with Gasteiger partial charge in [0.25, 0.3) is 0 Å². The summed E-state index contributed by atoms with van der Waals surface area (Å²) in [7, 11) is 1.64. The summed E-state index contributed by atoms with van der Waals surface area (Å²) in [5.41, 5.74) is 0.861. The van der Waals surface area contributed by atoms with Gasteiger partial charge in [0.1, 0.15) is 17.3 Å².